The Labute approximate surface area is 121 Å². The summed E-state index contributed by atoms with van der Waals surface area (Å²) in [7, 11) is 2.11. The minimum Gasteiger partial charge on any atom is -0.370 e. The fourth-order valence-corrected chi connectivity index (χ4v) is 3.19. The second kappa shape index (κ2) is 5.87. The van der Waals surface area contributed by atoms with E-state index in [1.54, 1.807) is 11.3 Å². The van der Waals surface area contributed by atoms with Gasteiger partial charge in [0, 0.05) is 25.8 Å². The number of hydrogen-bond donors (Lipinski definition) is 1. The largest absolute Gasteiger partial charge is 0.370 e. The molecule has 2 N–H and O–H groups in total. The van der Waals surface area contributed by atoms with E-state index in [9.17, 15) is 0 Å². The molecule has 1 aromatic carbocycles. The molecular formula is C14H17BrN2S. The van der Waals surface area contributed by atoms with Gasteiger partial charge in [0.05, 0.1) is 3.79 Å². The molecule has 0 fully saturated rings. The predicted octanol–water partition coefficient (Wildman–Crippen LogP) is 3.91. The molecule has 0 aliphatic heterocycles. The number of nitrogens with two attached hydrogens (primary N) is 1. The van der Waals surface area contributed by atoms with Gasteiger partial charge >= 0.3 is 0 Å². The topological polar surface area (TPSA) is 29.3 Å². The van der Waals surface area contributed by atoms with E-state index in [1.165, 1.54) is 26.2 Å². The fourth-order valence-electron chi connectivity index (χ4n) is 1.99. The Morgan fingerprint density at radius 3 is 2.72 bits per heavy atom. The molecule has 0 aliphatic rings. The summed E-state index contributed by atoms with van der Waals surface area (Å²) < 4.78 is 1.18. The second-order valence-corrected chi connectivity index (χ2v) is 6.74. The van der Waals surface area contributed by atoms with E-state index in [0.29, 0.717) is 6.54 Å². The number of hydrogen-bond acceptors (Lipinski definition) is 3. The zero-order chi connectivity index (χ0) is 13.1. The lowest BCUT2D eigenvalue weighted by Crippen LogP contribution is -2.18. The normalized spacial score (nSPS) is 10.7. The summed E-state index contributed by atoms with van der Waals surface area (Å²) in [5.74, 6) is 0. The van der Waals surface area contributed by atoms with Crippen molar-refractivity contribution in [2.45, 2.75) is 20.0 Å². The van der Waals surface area contributed by atoms with E-state index in [4.69, 9.17) is 5.73 Å². The standard InChI is InChI=1S/C14H17BrN2S/c1-10-3-4-12(7-16)13(5-10)17(2)8-11-6-14(15)18-9-11/h3-6,9H,7-8,16H2,1-2H3. The molecule has 0 spiro atoms. The fraction of sp³-hybridized carbons (Fsp3) is 0.286. The van der Waals surface area contributed by atoms with Crippen LogP contribution in [0.25, 0.3) is 0 Å². The number of aryl methyl sites for hydroxylation is 1. The van der Waals surface area contributed by atoms with Gasteiger partial charge in [0.15, 0.2) is 0 Å². The molecule has 0 saturated carbocycles. The van der Waals surface area contributed by atoms with Crippen molar-refractivity contribution in [3.8, 4) is 0 Å². The van der Waals surface area contributed by atoms with Gasteiger partial charge in [-0.25, -0.2) is 0 Å². The van der Waals surface area contributed by atoms with Gasteiger partial charge in [-0.3, -0.25) is 0 Å². The van der Waals surface area contributed by atoms with Crippen LogP contribution >= 0.6 is 27.3 Å². The summed E-state index contributed by atoms with van der Waals surface area (Å²) in [6.07, 6.45) is 0. The summed E-state index contributed by atoms with van der Waals surface area (Å²) in [6, 6.07) is 8.59. The van der Waals surface area contributed by atoms with Crippen molar-refractivity contribution in [3.05, 3.63) is 50.1 Å². The maximum atomic E-state index is 5.80. The minimum atomic E-state index is 0.577. The van der Waals surface area contributed by atoms with Gasteiger partial charge < -0.3 is 10.6 Å². The Kier molecular flexibility index (Phi) is 4.43. The molecule has 0 amide bonds. The Hall–Kier alpha value is -0.840. The number of rotatable bonds is 4. The van der Waals surface area contributed by atoms with Gasteiger partial charge in [0.1, 0.15) is 0 Å². The molecule has 1 aromatic heterocycles. The van der Waals surface area contributed by atoms with Crippen molar-refractivity contribution in [1.29, 1.82) is 0 Å². The van der Waals surface area contributed by atoms with Crippen LogP contribution in [0, 0.1) is 6.92 Å². The van der Waals surface area contributed by atoms with Gasteiger partial charge in [0.25, 0.3) is 0 Å². The zero-order valence-electron chi connectivity index (χ0n) is 10.6. The van der Waals surface area contributed by atoms with Gasteiger partial charge in [-0.1, -0.05) is 12.1 Å². The van der Waals surface area contributed by atoms with Gasteiger partial charge in [0.2, 0.25) is 0 Å². The minimum absolute atomic E-state index is 0.577. The summed E-state index contributed by atoms with van der Waals surface area (Å²) in [5.41, 5.74) is 10.8. The SMILES string of the molecule is Cc1ccc(CN)c(N(C)Cc2csc(Br)c2)c1. The summed E-state index contributed by atoms with van der Waals surface area (Å²) in [5, 5.41) is 2.18. The van der Waals surface area contributed by atoms with E-state index >= 15 is 0 Å². The molecule has 0 unspecified atom stereocenters. The van der Waals surface area contributed by atoms with E-state index in [-0.39, 0.29) is 0 Å². The van der Waals surface area contributed by atoms with Crippen molar-refractivity contribution >= 4 is 33.0 Å². The first-order valence-corrected chi connectivity index (χ1v) is 7.51. The highest BCUT2D eigenvalue weighted by Crippen LogP contribution is 2.25. The van der Waals surface area contributed by atoms with Crippen LogP contribution in [0.3, 0.4) is 0 Å². The van der Waals surface area contributed by atoms with E-state index in [2.05, 4.69) is 64.4 Å². The monoisotopic (exact) mass is 324 g/mol. The smallest absolute Gasteiger partial charge is 0.0701 e. The molecule has 4 heteroatoms. The average Bonchev–Trinajstić information content (AvgIpc) is 2.74. The van der Waals surface area contributed by atoms with Crippen molar-refractivity contribution < 1.29 is 0 Å². The average molecular weight is 325 g/mol. The number of nitrogens with zero attached hydrogens (tertiary/aromatic N) is 1. The number of thiophene rings is 1. The van der Waals surface area contributed by atoms with E-state index < -0.39 is 0 Å². The molecule has 18 heavy (non-hydrogen) atoms. The Morgan fingerprint density at radius 2 is 2.11 bits per heavy atom. The lowest BCUT2D eigenvalue weighted by molar-refractivity contribution is 0.906. The van der Waals surface area contributed by atoms with Crippen molar-refractivity contribution in [2.24, 2.45) is 5.73 Å². The summed E-state index contributed by atoms with van der Waals surface area (Å²) in [4.78, 5) is 2.25. The van der Waals surface area contributed by atoms with Crippen molar-refractivity contribution in [2.75, 3.05) is 11.9 Å². The van der Waals surface area contributed by atoms with Crippen LogP contribution < -0.4 is 10.6 Å². The van der Waals surface area contributed by atoms with Crippen LogP contribution in [0.2, 0.25) is 0 Å². The number of halogens is 1. The molecule has 0 saturated heterocycles. The molecule has 96 valence electrons. The molecule has 0 bridgehead atoms. The number of benzene rings is 1. The maximum absolute atomic E-state index is 5.80. The first kappa shape index (κ1) is 13.6. The molecule has 1 heterocycles. The number of anilines is 1. The molecule has 2 nitrogen and oxygen atoms in total. The van der Waals surface area contributed by atoms with E-state index in [1.807, 2.05) is 0 Å². The molecule has 0 radical (unpaired) electrons. The molecule has 0 aliphatic carbocycles. The van der Waals surface area contributed by atoms with Crippen LogP contribution in [-0.2, 0) is 13.1 Å². The molecule has 0 atom stereocenters. The molecule has 2 aromatic rings. The highest BCUT2D eigenvalue weighted by atomic mass is 79.9. The third kappa shape index (κ3) is 3.13. The first-order chi connectivity index (χ1) is 8.60. The van der Waals surface area contributed by atoms with Gasteiger partial charge in [-0.15, -0.1) is 11.3 Å². The Morgan fingerprint density at radius 1 is 1.33 bits per heavy atom. The Balaban J connectivity index is 2.22. The van der Waals surface area contributed by atoms with Crippen LogP contribution in [0.5, 0.6) is 0 Å². The Bertz CT molecular complexity index is 536. The highest BCUT2D eigenvalue weighted by Gasteiger charge is 2.08. The molecule has 2 rings (SSSR count). The third-order valence-corrected chi connectivity index (χ3v) is 4.47. The van der Waals surface area contributed by atoms with Crippen molar-refractivity contribution in [3.63, 3.8) is 0 Å². The summed E-state index contributed by atoms with van der Waals surface area (Å²) in [6.45, 7) is 3.59. The van der Waals surface area contributed by atoms with Crippen LogP contribution in [0.4, 0.5) is 5.69 Å². The van der Waals surface area contributed by atoms with Crippen LogP contribution in [0.15, 0.2) is 33.4 Å². The quantitative estimate of drug-likeness (QED) is 0.923. The second-order valence-electron chi connectivity index (χ2n) is 4.45. The lowest BCUT2D eigenvalue weighted by atomic mass is 10.1. The lowest BCUT2D eigenvalue weighted by Gasteiger charge is -2.22. The van der Waals surface area contributed by atoms with Gasteiger partial charge in [-0.05, 0) is 57.1 Å². The third-order valence-electron chi connectivity index (χ3n) is 2.91. The predicted molar refractivity (Wildman–Crippen MR) is 83.2 cm³/mol. The zero-order valence-corrected chi connectivity index (χ0v) is 13.0. The first-order valence-electron chi connectivity index (χ1n) is 5.84. The maximum Gasteiger partial charge on any atom is 0.0701 e. The van der Waals surface area contributed by atoms with Crippen molar-refractivity contribution in [1.82, 2.24) is 0 Å². The summed E-state index contributed by atoms with van der Waals surface area (Å²) >= 11 is 5.22. The highest BCUT2D eigenvalue weighted by molar-refractivity contribution is 9.11. The van der Waals surface area contributed by atoms with Crippen LogP contribution in [0.1, 0.15) is 16.7 Å². The van der Waals surface area contributed by atoms with Crippen LogP contribution in [-0.4, -0.2) is 7.05 Å². The molecular weight excluding hydrogens is 308 g/mol. The van der Waals surface area contributed by atoms with E-state index in [0.717, 1.165) is 6.54 Å². The van der Waals surface area contributed by atoms with Gasteiger partial charge in [-0.2, -0.15) is 0 Å².